The number of amides is 1. The summed E-state index contributed by atoms with van der Waals surface area (Å²) >= 11 is 0. The predicted molar refractivity (Wildman–Crippen MR) is 96.5 cm³/mol. The molecule has 1 aliphatic rings. The van der Waals surface area contributed by atoms with Gasteiger partial charge in [0.1, 0.15) is 0 Å². The Balaban J connectivity index is 1.97. The van der Waals surface area contributed by atoms with Crippen molar-refractivity contribution in [3.63, 3.8) is 0 Å². The number of ether oxygens (including phenoxy) is 1. The molecule has 0 bridgehead atoms. The minimum atomic E-state index is -0.233. The smallest absolute Gasteiger partial charge is 0.305 e. The molecule has 1 unspecified atom stereocenters. The average Bonchev–Trinajstić information content (AvgIpc) is 2.78. The van der Waals surface area contributed by atoms with Crippen molar-refractivity contribution in [2.45, 2.75) is 18.9 Å². The van der Waals surface area contributed by atoms with Crippen molar-refractivity contribution in [3.8, 4) is 0 Å². The van der Waals surface area contributed by atoms with E-state index in [4.69, 9.17) is 4.74 Å². The fourth-order valence-corrected chi connectivity index (χ4v) is 3.12. The van der Waals surface area contributed by atoms with Gasteiger partial charge in [-0.25, -0.2) is 0 Å². The van der Waals surface area contributed by atoms with Gasteiger partial charge in [0.05, 0.1) is 19.7 Å². The lowest BCUT2D eigenvalue weighted by atomic mass is 9.95. The van der Waals surface area contributed by atoms with Crippen molar-refractivity contribution < 1.29 is 14.3 Å². The van der Waals surface area contributed by atoms with Crippen LogP contribution in [0.5, 0.6) is 0 Å². The molecule has 2 aromatic rings. The first kappa shape index (κ1) is 17.2. The predicted octanol–water partition coefficient (Wildman–Crippen LogP) is 2.45. The maximum atomic E-state index is 12.4. The van der Waals surface area contributed by atoms with E-state index < -0.39 is 0 Å². The number of aryl methyl sites for hydroxylation is 1. The van der Waals surface area contributed by atoms with E-state index in [0.717, 1.165) is 22.4 Å². The molecular formula is C20H22N2O3. The van der Waals surface area contributed by atoms with E-state index in [9.17, 15) is 9.59 Å². The maximum Gasteiger partial charge on any atom is 0.305 e. The van der Waals surface area contributed by atoms with Crippen LogP contribution < -0.4 is 10.2 Å². The molecular weight excluding hydrogens is 316 g/mol. The normalized spacial score (nSPS) is 17.0. The summed E-state index contributed by atoms with van der Waals surface area (Å²) in [6.45, 7) is 0.280. The number of nitrogens with zero attached hydrogens (tertiary/aromatic N) is 1. The zero-order chi connectivity index (χ0) is 17.8. The molecule has 0 saturated carbocycles. The number of carbonyl (C=O) groups is 2. The Labute approximate surface area is 147 Å². The van der Waals surface area contributed by atoms with E-state index in [1.807, 2.05) is 36.4 Å². The molecule has 0 radical (unpaired) electrons. The summed E-state index contributed by atoms with van der Waals surface area (Å²) in [5.41, 5.74) is 4.07. The minimum absolute atomic E-state index is 0.0183. The molecule has 0 saturated heterocycles. The molecule has 0 aromatic heterocycles. The van der Waals surface area contributed by atoms with Crippen LogP contribution in [0.4, 0.5) is 5.69 Å². The lowest BCUT2D eigenvalue weighted by molar-refractivity contribution is -0.140. The Hall–Kier alpha value is -2.66. The quantitative estimate of drug-likeness (QED) is 0.870. The largest absolute Gasteiger partial charge is 0.469 e. The number of anilines is 1. The highest BCUT2D eigenvalue weighted by Gasteiger charge is 2.26. The highest BCUT2D eigenvalue weighted by atomic mass is 16.5. The van der Waals surface area contributed by atoms with Gasteiger partial charge in [-0.15, -0.1) is 0 Å². The van der Waals surface area contributed by atoms with Crippen LogP contribution in [0, 0.1) is 0 Å². The Morgan fingerprint density at radius 3 is 2.72 bits per heavy atom. The summed E-state index contributed by atoms with van der Waals surface area (Å²) in [7, 11) is 3.18. The molecule has 5 nitrogen and oxygen atoms in total. The van der Waals surface area contributed by atoms with Gasteiger partial charge in [0, 0.05) is 19.2 Å². The van der Waals surface area contributed by atoms with Crippen molar-refractivity contribution in [3.05, 3.63) is 65.2 Å². The number of hydrogen-bond acceptors (Lipinski definition) is 4. The van der Waals surface area contributed by atoms with Crippen LogP contribution in [0.1, 0.15) is 29.2 Å². The van der Waals surface area contributed by atoms with Crippen molar-refractivity contribution in [2.75, 3.05) is 25.6 Å². The van der Waals surface area contributed by atoms with Gasteiger partial charge in [-0.05, 0) is 29.2 Å². The topological polar surface area (TPSA) is 58.6 Å². The SMILES string of the molecule is COC(=O)CCc1ccc2c(c1)N(C)C(=O)CNC2c1ccccc1. The highest BCUT2D eigenvalue weighted by Crippen LogP contribution is 2.33. The van der Waals surface area contributed by atoms with Crippen molar-refractivity contribution in [1.29, 1.82) is 0 Å². The molecule has 1 N–H and O–H groups in total. The number of fused-ring (bicyclic) bond motifs is 1. The van der Waals surface area contributed by atoms with E-state index >= 15 is 0 Å². The van der Waals surface area contributed by atoms with Crippen LogP contribution in [0.15, 0.2) is 48.5 Å². The van der Waals surface area contributed by atoms with Crippen LogP contribution in [0.2, 0.25) is 0 Å². The molecule has 2 aromatic carbocycles. The second-order valence-electron chi connectivity index (χ2n) is 6.15. The number of hydrogen-bond donors (Lipinski definition) is 1. The lowest BCUT2D eigenvalue weighted by Crippen LogP contribution is -2.33. The van der Waals surface area contributed by atoms with Gasteiger partial charge in [-0.1, -0.05) is 42.5 Å². The third kappa shape index (κ3) is 3.72. The summed E-state index contributed by atoms with van der Waals surface area (Å²) in [6.07, 6.45) is 0.915. The number of rotatable bonds is 4. The zero-order valence-electron chi connectivity index (χ0n) is 14.5. The summed E-state index contributed by atoms with van der Waals surface area (Å²) < 4.78 is 4.70. The Kier molecular flexibility index (Phi) is 5.14. The first-order chi connectivity index (χ1) is 12.1. The fourth-order valence-electron chi connectivity index (χ4n) is 3.12. The monoisotopic (exact) mass is 338 g/mol. The molecule has 25 heavy (non-hydrogen) atoms. The number of benzene rings is 2. The van der Waals surface area contributed by atoms with Gasteiger partial charge in [-0.3, -0.25) is 14.9 Å². The minimum Gasteiger partial charge on any atom is -0.469 e. The number of methoxy groups -OCH3 is 1. The molecule has 3 rings (SSSR count). The van der Waals surface area contributed by atoms with E-state index in [0.29, 0.717) is 12.8 Å². The van der Waals surface area contributed by atoms with E-state index in [2.05, 4.69) is 17.4 Å². The molecule has 0 aliphatic carbocycles. The van der Waals surface area contributed by atoms with E-state index in [1.54, 1.807) is 11.9 Å². The van der Waals surface area contributed by atoms with Crippen molar-refractivity contribution >= 4 is 17.6 Å². The number of likely N-dealkylation sites (N-methyl/N-ethyl adjacent to an activating group) is 1. The fraction of sp³-hybridized carbons (Fsp3) is 0.300. The van der Waals surface area contributed by atoms with Gasteiger partial charge in [0.15, 0.2) is 0 Å². The van der Waals surface area contributed by atoms with Crippen molar-refractivity contribution in [1.82, 2.24) is 5.32 Å². The lowest BCUT2D eigenvalue weighted by Gasteiger charge is -2.21. The standard InChI is InChI=1S/C20H22N2O3/c1-22-17-12-14(9-11-19(24)25-2)8-10-16(17)20(21-13-18(22)23)15-6-4-3-5-7-15/h3-8,10,12,20-21H,9,11,13H2,1-2H3. The van der Waals surface area contributed by atoms with Gasteiger partial charge in [0.2, 0.25) is 5.91 Å². The van der Waals surface area contributed by atoms with Gasteiger partial charge < -0.3 is 9.64 Å². The Morgan fingerprint density at radius 2 is 2.00 bits per heavy atom. The van der Waals surface area contributed by atoms with Gasteiger partial charge >= 0.3 is 5.97 Å². The van der Waals surface area contributed by atoms with Crippen LogP contribution >= 0.6 is 0 Å². The Bertz CT molecular complexity index is 774. The number of esters is 1. The molecule has 0 spiro atoms. The Morgan fingerprint density at radius 1 is 1.24 bits per heavy atom. The summed E-state index contributed by atoms with van der Waals surface area (Å²) in [4.78, 5) is 25.4. The molecule has 0 fully saturated rings. The molecule has 1 amide bonds. The third-order valence-corrected chi connectivity index (χ3v) is 4.58. The van der Waals surface area contributed by atoms with Crippen LogP contribution in [-0.4, -0.2) is 32.6 Å². The van der Waals surface area contributed by atoms with E-state index in [1.165, 1.54) is 7.11 Å². The molecule has 5 heteroatoms. The first-order valence-electron chi connectivity index (χ1n) is 8.34. The summed E-state index contributed by atoms with van der Waals surface area (Å²) in [6, 6.07) is 16.1. The summed E-state index contributed by atoms with van der Waals surface area (Å²) in [5, 5.41) is 3.35. The second kappa shape index (κ2) is 7.49. The van der Waals surface area contributed by atoms with Gasteiger partial charge in [0.25, 0.3) is 0 Å². The van der Waals surface area contributed by atoms with Crippen LogP contribution in [0.3, 0.4) is 0 Å². The summed E-state index contributed by atoms with van der Waals surface area (Å²) in [5.74, 6) is -0.215. The molecule has 1 aliphatic heterocycles. The second-order valence-corrected chi connectivity index (χ2v) is 6.15. The number of carbonyl (C=O) groups excluding carboxylic acids is 2. The van der Waals surface area contributed by atoms with Gasteiger partial charge in [-0.2, -0.15) is 0 Å². The first-order valence-corrected chi connectivity index (χ1v) is 8.34. The third-order valence-electron chi connectivity index (χ3n) is 4.58. The maximum absolute atomic E-state index is 12.4. The van der Waals surface area contributed by atoms with Crippen molar-refractivity contribution in [2.24, 2.45) is 0 Å². The molecule has 130 valence electrons. The highest BCUT2D eigenvalue weighted by molar-refractivity contribution is 5.96. The van der Waals surface area contributed by atoms with Crippen LogP contribution in [0.25, 0.3) is 0 Å². The average molecular weight is 338 g/mol. The number of nitrogens with one attached hydrogen (secondary N) is 1. The zero-order valence-corrected chi connectivity index (χ0v) is 14.5. The van der Waals surface area contributed by atoms with Crippen LogP contribution in [-0.2, 0) is 20.7 Å². The molecule has 1 heterocycles. The van der Waals surface area contributed by atoms with E-state index in [-0.39, 0.29) is 24.5 Å². The molecule has 1 atom stereocenters.